The number of rotatable bonds is 39. The Kier molecular flexibility index (Phi) is 31.9. The number of nitrogens with two attached hydrogens (primary N) is 4. The van der Waals surface area contributed by atoms with Crippen LogP contribution in [0.1, 0.15) is 181 Å². The number of guanidine groups is 1. The topological polar surface area (TPSA) is 266 Å². The molecule has 0 aliphatic carbocycles. The Morgan fingerprint density at radius 1 is 0.742 bits per heavy atom. The van der Waals surface area contributed by atoms with Crippen molar-refractivity contribution in [1.82, 2.24) is 15.5 Å². The molecule has 1 unspecified atom stereocenters. The molecule has 1 rings (SSSR count). The van der Waals surface area contributed by atoms with E-state index in [2.05, 4.69) is 22.5 Å². The molecule has 11 N–H and O–H groups in total. The first-order valence-electron chi connectivity index (χ1n) is 24.3. The Balaban J connectivity index is 3.01. The number of aliphatic hydroxyl groups excluding tert-OH is 1. The number of ketones is 3. The minimum absolute atomic E-state index is 0.0517. The summed E-state index contributed by atoms with van der Waals surface area (Å²) >= 11 is 0. The summed E-state index contributed by atoms with van der Waals surface area (Å²) in [4.78, 5) is 87.2. The van der Waals surface area contributed by atoms with Gasteiger partial charge in [-0.05, 0) is 76.8 Å². The fraction of sp³-hybridized carbons (Fsp3) is 0.851. The van der Waals surface area contributed by atoms with Crippen molar-refractivity contribution >= 4 is 41.0 Å². The number of hydrogen-bond donors (Lipinski definition) is 7. The van der Waals surface area contributed by atoms with Crippen molar-refractivity contribution in [1.29, 1.82) is 0 Å². The van der Waals surface area contributed by atoms with Gasteiger partial charge < -0.3 is 43.6 Å². The van der Waals surface area contributed by atoms with E-state index in [0.717, 1.165) is 25.7 Å². The summed E-state index contributed by atoms with van der Waals surface area (Å²) in [6.45, 7) is 5.08. The number of likely N-dealkylation sites (tertiary alicyclic amines) is 1. The zero-order valence-electron chi connectivity index (χ0n) is 39.0. The van der Waals surface area contributed by atoms with Crippen LogP contribution in [0.3, 0.4) is 0 Å². The number of piperidine rings is 1. The van der Waals surface area contributed by atoms with Gasteiger partial charge >= 0.3 is 0 Å². The summed E-state index contributed by atoms with van der Waals surface area (Å²) in [5.41, 5.74) is 22.6. The van der Waals surface area contributed by atoms with Crippen LogP contribution in [0, 0.1) is 23.7 Å². The fourth-order valence-corrected chi connectivity index (χ4v) is 8.64. The van der Waals surface area contributed by atoms with Gasteiger partial charge in [-0.25, -0.2) is 0 Å². The van der Waals surface area contributed by atoms with Crippen molar-refractivity contribution in [2.75, 3.05) is 39.8 Å². The number of unbranched alkanes of at least 4 members (excludes halogenated alkanes) is 14. The molecule has 6 atom stereocenters. The maximum atomic E-state index is 14.2. The summed E-state index contributed by atoms with van der Waals surface area (Å²) in [6.07, 6.45) is 20.5. The third kappa shape index (κ3) is 24.4. The third-order valence-electron chi connectivity index (χ3n) is 12.3. The molecule has 1 aliphatic heterocycles. The van der Waals surface area contributed by atoms with Crippen molar-refractivity contribution in [2.45, 2.75) is 193 Å². The van der Waals surface area contributed by atoms with E-state index in [-0.39, 0.29) is 79.8 Å². The minimum atomic E-state index is -0.978. The summed E-state index contributed by atoms with van der Waals surface area (Å²) in [5, 5.41) is 15.3. The zero-order chi connectivity index (χ0) is 46.1. The predicted molar refractivity (Wildman–Crippen MR) is 248 cm³/mol. The summed E-state index contributed by atoms with van der Waals surface area (Å²) in [7, 11) is 1.43. The lowest BCUT2D eigenvalue weighted by Gasteiger charge is -2.40. The first-order valence-corrected chi connectivity index (χ1v) is 24.3. The van der Waals surface area contributed by atoms with Gasteiger partial charge in [0.1, 0.15) is 5.78 Å². The molecule has 358 valence electrons. The molecule has 0 aromatic carbocycles. The van der Waals surface area contributed by atoms with Crippen LogP contribution in [0.5, 0.6) is 0 Å². The second-order valence-corrected chi connectivity index (χ2v) is 17.9. The van der Waals surface area contributed by atoms with Crippen LogP contribution < -0.4 is 33.6 Å². The molecule has 15 nitrogen and oxygen atoms in total. The summed E-state index contributed by atoms with van der Waals surface area (Å²) < 4.78 is 0. The van der Waals surface area contributed by atoms with E-state index in [4.69, 9.17) is 22.9 Å². The number of carbonyl (C=O) groups excluding carboxylic acids is 6. The fourth-order valence-electron chi connectivity index (χ4n) is 8.64. The third-order valence-corrected chi connectivity index (χ3v) is 12.3. The lowest BCUT2D eigenvalue weighted by molar-refractivity contribution is -0.150. The molecular formula is C47H88N8O7. The van der Waals surface area contributed by atoms with Gasteiger partial charge in [0.05, 0.1) is 24.6 Å². The molecule has 0 aromatic rings. The molecular weight excluding hydrogens is 789 g/mol. The zero-order valence-corrected chi connectivity index (χ0v) is 39.0. The molecule has 62 heavy (non-hydrogen) atoms. The van der Waals surface area contributed by atoms with E-state index in [0.29, 0.717) is 64.5 Å². The van der Waals surface area contributed by atoms with Crippen LogP contribution in [-0.4, -0.2) is 103 Å². The SMILES string of the molecule is CCCCCCCCCCCCCCCC(=O)C[C@@H](CCCCN)C(=O)N[C@@H](CCCCN)C(=O)C[C@H]1CC(C)CN([C@@H](CCCN=C(N)N)C(=O)C[C@@H](CO)C(=O)NC)C1=O. The van der Waals surface area contributed by atoms with Gasteiger partial charge in [-0.1, -0.05) is 97.3 Å². The number of nitrogens with zero attached hydrogens (tertiary/aromatic N) is 2. The first kappa shape index (κ1) is 56.6. The number of carbonyl (C=O) groups is 6. The highest BCUT2D eigenvalue weighted by Gasteiger charge is 2.41. The average molecular weight is 877 g/mol. The van der Waals surface area contributed by atoms with E-state index < -0.39 is 42.4 Å². The second-order valence-electron chi connectivity index (χ2n) is 17.9. The van der Waals surface area contributed by atoms with Gasteiger partial charge in [-0.15, -0.1) is 0 Å². The Labute approximate surface area is 373 Å². The van der Waals surface area contributed by atoms with Crippen molar-refractivity contribution in [2.24, 2.45) is 51.6 Å². The number of aliphatic imine (C=N–C) groups is 1. The Morgan fingerprint density at radius 3 is 1.87 bits per heavy atom. The summed E-state index contributed by atoms with van der Waals surface area (Å²) in [6, 6.07) is -1.78. The van der Waals surface area contributed by atoms with E-state index in [9.17, 15) is 33.9 Å². The largest absolute Gasteiger partial charge is 0.396 e. The normalized spacial score (nSPS) is 17.2. The van der Waals surface area contributed by atoms with Gasteiger partial charge in [-0.3, -0.25) is 33.8 Å². The first-order chi connectivity index (χ1) is 29.8. The minimum Gasteiger partial charge on any atom is -0.396 e. The van der Waals surface area contributed by atoms with E-state index >= 15 is 0 Å². The molecule has 0 spiro atoms. The monoisotopic (exact) mass is 877 g/mol. The molecule has 0 aromatic heterocycles. The average Bonchev–Trinajstić information content (AvgIpc) is 3.24. The standard InChI is InChI=1S/C47H88N8O7/c1-4-5-6-7-8-9-10-11-12-13-14-15-16-23-39(57)30-36(22-17-19-26-48)45(61)54-40(24-18-20-27-49)42(58)31-37-29-35(2)33-55(46(37)62)41(25-21-28-53-47(50)51)43(59)32-38(34-56)44(60)52-3/h35-38,40-41,56H,4-34,48-49H2,1-3H3,(H,52,60)(H,54,61)(H4,50,51,53)/t35?,36-,37-,38+,40+,41+/m1/s1. The lowest BCUT2D eigenvalue weighted by atomic mass is 9.82. The van der Waals surface area contributed by atoms with Gasteiger partial charge in [0.2, 0.25) is 17.7 Å². The number of aliphatic hydroxyl groups is 1. The maximum Gasteiger partial charge on any atom is 0.226 e. The van der Waals surface area contributed by atoms with Crippen molar-refractivity contribution in [3.8, 4) is 0 Å². The van der Waals surface area contributed by atoms with Crippen LogP contribution >= 0.6 is 0 Å². The van der Waals surface area contributed by atoms with E-state index in [1.165, 1.54) is 76.2 Å². The van der Waals surface area contributed by atoms with Gasteiger partial charge in [0.25, 0.3) is 0 Å². The Morgan fingerprint density at radius 2 is 1.32 bits per heavy atom. The van der Waals surface area contributed by atoms with Crippen molar-refractivity contribution in [3.63, 3.8) is 0 Å². The molecule has 0 bridgehead atoms. The highest BCUT2D eigenvalue weighted by molar-refractivity contribution is 5.96. The number of nitrogens with one attached hydrogen (secondary N) is 2. The van der Waals surface area contributed by atoms with Crippen molar-refractivity contribution in [3.05, 3.63) is 0 Å². The predicted octanol–water partition coefficient (Wildman–Crippen LogP) is 4.97. The molecule has 3 amide bonds. The maximum absolute atomic E-state index is 14.2. The van der Waals surface area contributed by atoms with Crippen molar-refractivity contribution < 1.29 is 33.9 Å². The van der Waals surface area contributed by atoms with Gasteiger partial charge in [-0.2, -0.15) is 0 Å². The lowest BCUT2D eigenvalue weighted by Crippen LogP contribution is -2.54. The number of Topliss-reactive ketones (excluding diaryl/α,β-unsaturated/α-hetero) is 3. The van der Waals surface area contributed by atoms with Gasteiger partial charge in [0, 0.05) is 57.7 Å². The molecule has 1 saturated heterocycles. The van der Waals surface area contributed by atoms with Crippen LogP contribution in [0.4, 0.5) is 0 Å². The second kappa shape index (κ2) is 35.0. The van der Waals surface area contributed by atoms with Crippen LogP contribution in [0.15, 0.2) is 4.99 Å². The van der Waals surface area contributed by atoms with E-state index in [1.807, 2.05) is 6.92 Å². The number of hydrogen-bond acceptors (Lipinski definition) is 10. The smallest absolute Gasteiger partial charge is 0.226 e. The quantitative estimate of drug-likeness (QED) is 0.0246. The molecule has 0 saturated carbocycles. The molecule has 1 fully saturated rings. The molecule has 0 radical (unpaired) electrons. The van der Waals surface area contributed by atoms with E-state index in [1.54, 1.807) is 0 Å². The Hall–Kier alpha value is -3.43. The molecule has 1 heterocycles. The van der Waals surface area contributed by atoms with Crippen LogP contribution in [0.25, 0.3) is 0 Å². The summed E-state index contributed by atoms with van der Waals surface area (Å²) in [5.74, 6) is -4.21. The molecule has 1 aliphatic rings. The van der Waals surface area contributed by atoms with Crippen LogP contribution in [0.2, 0.25) is 0 Å². The van der Waals surface area contributed by atoms with Gasteiger partial charge in [0.15, 0.2) is 17.5 Å². The molecule has 15 heteroatoms. The Bertz CT molecular complexity index is 1330. The number of amides is 3. The highest BCUT2D eigenvalue weighted by atomic mass is 16.3. The highest BCUT2D eigenvalue weighted by Crippen LogP contribution is 2.30. The van der Waals surface area contributed by atoms with Crippen LogP contribution in [-0.2, 0) is 28.8 Å².